The lowest BCUT2D eigenvalue weighted by molar-refractivity contribution is -0.141. The van der Waals surface area contributed by atoms with Gasteiger partial charge in [-0.3, -0.25) is 0 Å². The molecule has 1 aliphatic heterocycles. The van der Waals surface area contributed by atoms with E-state index in [1.807, 2.05) is 0 Å². The summed E-state index contributed by atoms with van der Waals surface area (Å²) in [5.74, 6) is -0.414. The molecular weight excluding hydrogens is 376 g/mol. The average Bonchev–Trinajstić information content (AvgIpc) is 3.35. The molecular formula is C19H20F4N4O. The maximum atomic E-state index is 13.3. The minimum Gasteiger partial charge on any atom is -0.439 e. The van der Waals surface area contributed by atoms with E-state index >= 15 is 0 Å². The number of ether oxygens (including phenoxy) is 1. The average molecular weight is 396 g/mol. The van der Waals surface area contributed by atoms with Crippen molar-refractivity contribution >= 4 is 5.95 Å². The first kappa shape index (κ1) is 18.9. The van der Waals surface area contributed by atoms with Crippen LogP contribution < -0.4 is 15.0 Å². The first-order valence-corrected chi connectivity index (χ1v) is 9.25. The summed E-state index contributed by atoms with van der Waals surface area (Å²) in [6.45, 7) is 2.00. The van der Waals surface area contributed by atoms with E-state index in [-0.39, 0.29) is 17.6 Å². The van der Waals surface area contributed by atoms with Gasteiger partial charge in [-0.2, -0.15) is 18.2 Å². The maximum absolute atomic E-state index is 13.3. The molecule has 4 rings (SSSR count). The molecule has 2 fully saturated rings. The zero-order valence-electron chi connectivity index (χ0n) is 15.0. The predicted octanol–water partition coefficient (Wildman–Crippen LogP) is 4.01. The standard InChI is InChI=1S/C19H20F4N4O/c20-13-2-1-3-15(8-13)28-17-9-16(19(21,22)23)25-18(26-17)27-7-6-12(11-27)10-24-14-4-5-14/h1-3,8-9,12,14,24H,4-7,10-11H2. The number of rotatable bonds is 6. The third kappa shape index (κ3) is 4.70. The Bertz CT molecular complexity index is 841. The molecule has 1 aromatic heterocycles. The summed E-state index contributed by atoms with van der Waals surface area (Å²) < 4.78 is 58.6. The van der Waals surface area contributed by atoms with Crippen LogP contribution in [-0.4, -0.2) is 35.6 Å². The van der Waals surface area contributed by atoms with Crippen molar-refractivity contribution in [3.8, 4) is 11.6 Å². The molecule has 2 heterocycles. The molecule has 1 N–H and O–H groups in total. The van der Waals surface area contributed by atoms with Gasteiger partial charge in [0.15, 0.2) is 5.69 Å². The smallest absolute Gasteiger partial charge is 0.433 e. The molecule has 9 heteroatoms. The van der Waals surface area contributed by atoms with Crippen LogP contribution in [0.4, 0.5) is 23.5 Å². The van der Waals surface area contributed by atoms with Crippen molar-refractivity contribution in [3.05, 3.63) is 41.8 Å². The van der Waals surface area contributed by atoms with Crippen LogP contribution in [0.1, 0.15) is 25.0 Å². The van der Waals surface area contributed by atoms with Gasteiger partial charge in [-0.25, -0.2) is 9.37 Å². The monoisotopic (exact) mass is 396 g/mol. The van der Waals surface area contributed by atoms with Crippen LogP contribution in [0.25, 0.3) is 0 Å². The molecule has 1 unspecified atom stereocenters. The highest BCUT2D eigenvalue weighted by molar-refractivity contribution is 5.38. The molecule has 28 heavy (non-hydrogen) atoms. The first-order chi connectivity index (χ1) is 13.4. The third-order valence-corrected chi connectivity index (χ3v) is 4.84. The van der Waals surface area contributed by atoms with Crippen molar-refractivity contribution in [2.45, 2.75) is 31.5 Å². The summed E-state index contributed by atoms with van der Waals surface area (Å²) in [7, 11) is 0. The number of hydrogen-bond acceptors (Lipinski definition) is 5. The van der Waals surface area contributed by atoms with Gasteiger partial charge in [0.1, 0.15) is 11.6 Å². The van der Waals surface area contributed by atoms with Crippen LogP contribution in [0, 0.1) is 11.7 Å². The largest absolute Gasteiger partial charge is 0.439 e. The van der Waals surface area contributed by atoms with E-state index in [1.165, 1.54) is 31.0 Å². The fourth-order valence-corrected chi connectivity index (χ4v) is 3.20. The summed E-state index contributed by atoms with van der Waals surface area (Å²) in [5.41, 5.74) is -1.08. The Morgan fingerprint density at radius 1 is 1.14 bits per heavy atom. The molecule has 2 aromatic rings. The Hall–Kier alpha value is -2.42. The van der Waals surface area contributed by atoms with Gasteiger partial charge in [0.25, 0.3) is 0 Å². The summed E-state index contributed by atoms with van der Waals surface area (Å²) in [5, 5.41) is 3.45. The zero-order chi connectivity index (χ0) is 19.7. The topological polar surface area (TPSA) is 50.3 Å². The summed E-state index contributed by atoms with van der Waals surface area (Å²) >= 11 is 0. The molecule has 0 bridgehead atoms. The zero-order valence-corrected chi connectivity index (χ0v) is 15.0. The number of halogens is 4. The van der Waals surface area contributed by atoms with Crippen molar-refractivity contribution in [2.75, 3.05) is 24.5 Å². The highest BCUT2D eigenvalue weighted by Crippen LogP contribution is 2.33. The normalized spacial score (nSPS) is 19.9. The number of nitrogens with one attached hydrogen (secondary N) is 1. The number of aromatic nitrogens is 2. The van der Waals surface area contributed by atoms with Crippen molar-refractivity contribution in [1.29, 1.82) is 0 Å². The van der Waals surface area contributed by atoms with Crippen LogP contribution >= 0.6 is 0 Å². The van der Waals surface area contributed by atoms with E-state index in [4.69, 9.17) is 4.74 Å². The lowest BCUT2D eigenvalue weighted by Crippen LogP contribution is -2.28. The highest BCUT2D eigenvalue weighted by atomic mass is 19.4. The van der Waals surface area contributed by atoms with Gasteiger partial charge in [-0.15, -0.1) is 0 Å². The van der Waals surface area contributed by atoms with Gasteiger partial charge in [0, 0.05) is 31.3 Å². The van der Waals surface area contributed by atoms with Crippen LogP contribution in [0.5, 0.6) is 11.6 Å². The second-order valence-electron chi connectivity index (χ2n) is 7.23. The summed E-state index contributed by atoms with van der Waals surface area (Å²) in [6, 6.07) is 6.49. The van der Waals surface area contributed by atoms with Gasteiger partial charge in [0.2, 0.25) is 11.8 Å². The Morgan fingerprint density at radius 2 is 1.96 bits per heavy atom. The lowest BCUT2D eigenvalue weighted by atomic mass is 10.1. The van der Waals surface area contributed by atoms with Gasteiger partial charge >= 0.3 is 6.18 Å². The van der Waals surface area contributed by atoms with Crippen LogP contribution in [-0.2, 0) is 6.18 Å². The van der Waals surface area contributed by atoms with Gasteiger partial charge in [0.05, 0.1) is 0 Å². The van der Waals surface area contributed by atoms with Gasteiger partial charge in [-0.05, 0) is 43.9 Å². The van der Waals surface area contributed by atoms with E-state index in [2.05, 4.69) is 15.3 Å². The number of alkyl halides is 3. The van der Waals surface area contributed by atoms with Crippen molar-refractivity contribution in [3.63, 3.8) is 0 Å². The Morgan fingerprint density at radius 3 is 2.68 bits per heavy atom. The second-order valence-corrected chi connectivity index (χ2v) is 7.23. The van der Waals surface area contributed by atoms with Crippen molar-refractivity contribution < 1.29 is 22.3 Å². The fourth-order valence-electron chi connectivity index (χ4n) is 3.20. The van der Waals surface area contributed by atoms with Gasteiger partial charge < -0.3 is 15.0 Å². The summed E-state index contributed by atoms with van der Waals surface area (Å²) in [6.07, 6.45) is -1.40. The predicted molar refractivity (Wildman–Crippen MR) is 94.9 cm³/mol. The number of nitrogens with zero attached hydrogens (tertiary/aromatic N) is 3. The molecule has 1 saturated heterocycles. The van der Waals surface area contributed by atoms with Crippen LogP contribution in [0.2, 0.25) is 0 Å². The van der Waals surface area contributed by atoms with E-state index in [9.17, 15) is 17.6 Å². The third-order valence-electron chi connectivity index (χ3n) is 4.84. The molecule has 0 spiro atoms. The fraction of sp³-hybridized carbons (Fsp3) is 0.474. The molecule has 150 valence electrons. The number of hydrogen-bond donors (Lipinski definition) is 1. The van der Waals surface area contributed by atoms with Crippen LogP contribution in [0.3, 0.4) is 0 Å². The van der Waals surface area contributed by atoms with E-state index in [0.717, 1.165) is 25.1 Å². The van der Waals surface area contributed by atoms with E-state index in [1.54, 1.807) is 4.90 Å². The molecule has 1 atom stereocenters. The van der Waals surface area contributed by atoms with Gasteiger partial charge in [-0.1, -0.05) is 6.07 Å². The number of benzene rings is 1. The van der Waals surface area contributed by atoms with E-state index in [0.29, 0.717) is 25.0 Å². The van der Waals surface area contributed by atoms with Crippen molar-refractivity contribution in [1.82, 2.24) is 15.3 Å². The Balaban J connectivity index is 1.54. The highest BCUT2D eigenvalue weighted by Gasteiger charge is 2.35. The summed E-state index contributed by atoms with van der Waals surface area (Å²) in [4.78, 5) is 9.59. The van der Waals surface area contributed by atoms with Crippen molar-refractivity contribution in [2.24, 2.45) is 5.92 Å². The Labute approximate surface area is 159 Å². The molecule has 0 amide bonds. The molecule has 1 aromatic carbocycles. The number of anilines is 1. The molecule has 2 aliphatic rings. The van der Waals surface area contributed by atoms with E-state index < -0.39 is 17.7 Å². The van der Waals surface area contributed by atoms with Crippen LogP contribution in [0.15, 0.2) is 30.3 Å². The second kappa shape index (κ2) is 7.54. The SMILES string of the molecule is Fc1cccc(Oc2cc(C(F)(F)F)nc(N3CCC(CNC4CC4)C3)n2)c1. The first-order valence-electron chi connectivity index (χ1n) is 9.25. The molecule has 1 aliphatic carbocycles. The minimum atomic E-state index is -4.63. The molecule has 1 saturated carbocycles. The quantitative estimate of drug-likeness (QED) is 0.748. The molecule has 5 nitrogen and oxygen atoms in total. The lowest BCUT2D eigenvalue weighted by Gasteiger charge is -2.19. The molecule has 0 radical (unpaired) electrons. The maximum Gasteiger partial charge on any atom is 0.433 e. The minimum absolute atomic E-state index is 0.0184. The Kier molecular flexibility index (Phi) is 5.09.